The first kappa shape index (κ1) is 19.2. The number of aryl methyl sites for hydroxylation is 1. The monoisotopic (exact) mass is 386 g/mol. The molecule has 0 spiro atoms. The fourth-order valence-electron chi connectivity index (χ4n) is 2.68. The number of rotatable bonds is 4. The van der Waals surface area contributed by atoms with Gasteiger partial charge in [-0.1, -0.05) is 6.07 Å². The van der Waals surface area contributed by atoms with Gasteiger partial charge in [-0.3, -0.25) is 18.8 Å². The van der Waals surface area contributed by atoms with Gasteiger partial charge in [0.15, 0.2) is 11.6 Å². The molecule has 1 atom stereocenters. The molecule has 2 heterocycles. The number of aromatic nitrogens is 2. The maximum atomic E-state index is 13.6. The molecule has 9 heteroatoms. The molecular formula is C19H16F2N4O3. The molecule has 0 aliphatic carbocycles. The number of nitrogens with zero attached hydrogens (tertiary/aromatic N) is 2. The minimum absolute atomic E-state index is 0.0241. The van der Waals surface area contributed by atoms with Crippen molar-refractivity contribution >= 4 is 17.5 Å². The molecular weight excluding hydrogens is 370 g/mol. The lowest BCUT2D eigenvalue weighted by Gasteiger charge is -2.18. The molecule has 3 rings (SSSR count). The smallest absolute Gasteiger partial charge is 0.270 e. The molecule has 2 amide bonds. The van der Waals surface area contributed by atoms with E-state index in [4.69, 9.17) is 0 Å². The number of fused-ring (bicyclic) bond motifs is 1. The van der Waals surface area contributed by atoms with Crippen LogP contribution in [0.15, 0.2) is 47.5 Å². The molecule has 0 aliphatic rings. The maximum Gasteiger partial charge on any atom is 0.270 e. The van der Waals surface area contributed by atoms with E-state index in [0.29, 0.717) is 5.65 Å². The van der Waals surface area contributed by atoms with E-state index in [9.17, 15) is 23.2 Å². The fourth-order valence-corrected chi connectivity index (χ4v) is 2.68. The minimum Gasteiger partial charge on any atom is -0.357 e. The summed E-state index contributed by atoms with van der Waals surface area (Å²) in [5, 5.41) is 4.71. The molecule has 0 aliphatic heterocycles. The summed E-state index contributed by atoms with van der Waals surface area (Å²) in [4.78, 5) is 41.5. The first-order valence-electron chi connectivity index (χ1n) is 8.27. The van der Waals surface area contributed by atoms with Crippen molar-refractivity contribution in [3.63, 3.8) is 0 Å². The molecule has 0 saturated heterocycles. The summed E-state index contributed by atoms with van der Waals surface area (Å²) in [6.45, 7) is 1.84. The standard InChI is InChI=1S/C19H16F2N4O3/c1-10-5-6-25-15(7-10)23-9-12(19(25)28)17(26)24-16(18(27)22-2)11-3-4-13(20)14(21)8-11/h3-9,16H,1-2H3,(H,22,27)(H,24,26). The lowest BCUT2D eigenvalue weighted by atomic mass is 10.1. The highest BCUT2D eigenvalue weighted by Gasteiger charge is 2.25. The van der Waals surface area contributed by atoms with Gasteiger partial charge < -0.3 is 10.6 Å². The quantitative estimate of drug-likeness (QED) is 0.711. The molecule has 0 radical (unpaired) electrons. The predicted octanol–water partition coefficient (Wildman–Crippen LogP) is 1.50. The predicted molar refractivity (Wildman–Crippen MR) is 96.8 cm³/mol. The van der Waals surface area contributed by atoms with Crippen molar-refractivity contribution in [3.05, 3.63) is 81.4 Å². The maximum absolute atomic E-state index is 13.6. The van der Waals surface area contributed by atoms with Crippen LogP contribution in [0.2, 0.25) is 0 Å². The number of halogens is 2. The van der Waals surface area contributed by atoms with Gasteiger partial charge in [-0.2, -0.15) is 0 Å². The first-order chi connectivity index (χ1) is 13.3. The third kappa shape index (κ3) is 3.59. The van der Waals surface area contributed by atoms with E-state index < -0.39 is 35.0 Å². The number of amides is 2. The highest BCUT2D eigenvalue weighted by atomic mass is 19.2. The van der Waals surface area contributed by atoms with Crippen LogP contribution >= 0.6 is 0 Å². The molecule has 2 N–H and O–H groups in total. The number of hydrogen-bond acceptors (Lipinski definition) is 4. The van der Waals surface area contributed by atoms with Gasteiger partial charge in [-0.25, -0.2) is 13.8 Å². The third-order valence-electron chi connectivity index (χ3n) is 4.17. The van der Waals surface area contributed by atoms with Gasteiger partial charge in [0, 0.05) is 19.4 Å². The zero-order valence-corrected chi connectivity index (χ0v) is 15.0. The van der Waals surface area contributed by atoms with Crippen molar-refractivity contribution < 1.29 is 18.4 Å². The molecule has 3 aromatic rings. The first-order valence-corrected chi connectivity index (χ1v) is 8.27. The summed E-state index contributed by atoms with van der Waals surface area (Å²) < 4.78 is 27.9. The summed E-state index contributed by atoms with van der Waals surface area (Å²) in [6.07, 6.45) is 2.60. The van der Waals surface area contributed by atoms with Crippen molar-refractivity contribution in [3.8, 4) is 0 Å². The molecule has 2 aromatic heterocycles. The Hall–Kier alpha value is -3.62. The Morgan fingerprint density at radius 1 is 1.14 bits per heavy atom. The minimum atomic E-state index is -1.33. The van der Waals surface area contributed by atoms with Gasteiger partial charge in [0.05, 0.1) is 0 Å². The largest absolute Gasteiger partial charge is 0.357 e. The Balaban J connectivity index is 1.98. The van der Waals surface area contributed by atoms with Gasteiger partial charge in [-0.05, 0) is 42.3 Å². The second-order valence-corrected chi connectivity index (χ2v) is 6.10. The second kappa shape index (κ2) is 7.55. The third-order valence-corrected chi connectivity index (χ3v) is 4.17. The number of carbonyl (C=O) groups excluding carboxylic acids is 2. The summed E-state index contributed by atoms with van der Waals surface area (Å²) in [5.74, 6) is -3.78. The van der Waals surface area contributed by atoms with Crippen LogP contribution in [0, 0.1) is 18.6 Å². The van der Waals surface area contributed by atoms with E-state index >= 15 is 0 Å². The number of nitrogens with one attached hydrogen (secondary N) is 2. The number of benzene rings is 1. The number of likely N-dealkylation sites (N-methyl/N-ethyl adjacent to an activating group) is 1. The lowest BCUT2D eigenvalue weighted by molar-refractivity contribution is -0.122. The Bertz CT molecular complexity index is 1140. The fraction of sp³-hybridized carbons (Fsp3) is 0.158. The van der Waals surface area contributed by atoms with Crippen LogP contribution in [0.3, 0.4) is 0 Å². The van der Waals surface area contributed by atoms with E-state index in [-0.39, 0.29) is 11.1 Å². The van der Waals surface area contributed by atoms with Crippen LogP contribution in [0.4, 0.5) is 8.78 Å². The topological polar surface area (TPSA) is 92.6 Å². The van der Waals surface area contributed by atoms with Crippen LogP contribution in [-0.2, 0) is 4.79 Å². The van der Waals surface area contributed by atoms with Gasteiger partial charge >= 0.3 is 0 Å². The molecule has 1 aromatic carbocycles. The van der Waals surface area contributed by atoms with Crippen LogP contribution in [0.25, 0.3) is 5.65 Å². The molecule has 144 valence electrons. The summed E-state index contributed by atoms with van der Waals surface area (Å²) in [5.41, 5.74) is 0.365. The highest BCUT2D eigenvalue weighted by molar-refractivity contribution is 5.97. The Morgan fingerprint density at radius 2 is 1.89 bits per heavy atom. The van der Waals surface area contributed by atoms with E-state index in [0.717, 1.165) is 23.9 Å². The Morgan fingerprint density at radius 3 is 2.57 bits per heavy atom. The SMILES string of the molecule is CNC(=O)C(NC(=O)c1cnc2cc(C)ccn2c1=O)c1ccc(F)c(F)c1. The van der Waals surface area contributed by atoms with E-state index in [1.165, 1.54) is 23.7 Å². The van der Waals surface area contributed by atoms with Gasteiger partial charge in [0.1, 0.15) is 17.3 Å². The number of pyridine rings is 1. The van der Waals surface area contributed by atoms with Crippen molar-refractivity contribution in [1.29, 1.82) is 0 Å². The number of hydrogen-bond donors (Lipinski definition) is 2. The Kier molecular flexibility index (Phi) is 5.16. The molecule has 28 heavy (non-hydrogen) atoms. The van der Waals surface area contributed by atoms with Gasteiger partial charge in [-0.15, -0.1) is 0 Å². The van der Waals surface area contributed by atoms with Crippen LogP contribution in [0.1, 0.15) is 27.5 Å². The van der Waals surface area contributed by atoms with Gasteiger partial charge in [0.25, 0.3) is 11.5 Å². The zero-order valence-electron chi connectivity index (χ0n) is 15.0. The van der Waals surface area contributed by atoms with E-state index in [1.54, 1.807) is 12.1 Å². The van der Waals surface area contributed by atoms with Gasteiger partial charge in [0.2, 0.25) is 5.91 Å². The Labute approximate surface area is 158 Å². The van der Waals surface area contributed by atoms with Crippen molar-refractivity contribution in [2.24, 2.45) is 0 Å². The van der Waals surface area contributed by atoms with E-state index in [1.807, 2.05) is 6.92 Å². The molecule has 0 bridgehead atoms. The molecule has 1 unspecified atom stereocenters. The van der Waals surface area contributed by atoms with Crippen LogP contribution in [-0.4, -0.2) is 28.2 Å². The van der Waals surface area contributed by atoms with Crippen molar-refractivity contribution in [1.82, 2.24) is 20.0 Å². The molecule has 0 saturated carbocycles. The normalized spacial score (nSPS) is 11.9. The van der Waals surface area contributed by atoms with Crippen LogP contribution in [0.5, 0.6) is 0 Å². The second-order valence-electron chi connectivity index (χ2n) is 6.10. The van der Waals surface area contributed by atoms with Crippen molar-refractivity contribution in [2.75, 3.05) is 7.05 Å². The average molecular weight is 386 g/mol. The number of carbonyl (C=O) groups is 2. The summed E-state index contributed by atoms with van der Waals surface area (Å²) in [7, 11) is 1.33. The summed E-state index contributed by atoms with van der Waals surface area (Å²) >= 11 is 0. The lowest BCUT2D eigenvalue weighted by Crippen LogP contribution is -2.41. The highest BCUT2D eigenvalue weighted by Crippen LogP contribution is 2.17. The average Bonchev–Trinajstić information content (AvgIpc) is 2.67. The van der Waals surface area contributed by atoms with Crippen LogP contribution < -0.4 is 16.2 Å². The van der Waals surface area contributed by atoms with E-state index in [2.05, 4.69) is 15.6 Å². The molecule has 7 nitrogen and oxygen atoms in total. The zero-order chi connectivity index (χ0) is 20.4. The summed E-state index contributed by atoms with van der Waals surface area (Å²) in [6, 6.07) is 4.87. The molecule has 0 fully saturated rings. The van der Waals surface area contributed by atoms with Crippen molar-refractivity contribution in [2.45, 2.75) is 13.0 Å².